The van der Waals surface area contributed by atoms with E-state index in [0.29, 0.717) is 23.4 Å². The van der Waals surface area contributed by atoms with Crippen molar-refractivity contribution in [3.63, 3.8) is 0 Å². The molecule has 154 valence electrons. The van der Waals surface area contributed by atoms with Gasteiger partial charge in [0, 0.05) is 5.56 Å². The largest absolute Gasteiger partial charge is 0.452 e. The van der Waals surface area contributed by atoms with E-state index in [9.17, 15) is 14.4 Å². The van der Waals surface area contributed by atoms with E-state index < -0.39 is 24.5 Å². The SMILES string of the molecule is CC(=O)[C@H](Cc1ccccc1)NC(=O)COC(=O)c1c(-c2ccccc2)noc1C. The summed E-state index contributed by atoms with van der Waals surface area (Å²) in [4.78, 5) is 36.8. The maximum Gasteiger partial charge on any atom is 0.344 e. The normalized spacial score (nSPS) is 11.5. The van der Waals surface area contributed by atoms with E-state index in [1.54, 1.807) is 19.1 Å². The number of aromatic nitrogens is 1. The number of hydrogen-bond donors (Lipinski definition) is 1. The van der Waals surface area contributed by atoms with Gasteiger partial charge in [0.15, 0.2) is 12.4 Å². The van der Waals surface area contributed by atoms with E-state index in [0.717, 1.165) is 5.56 Å². The summed E-state index contributed by atoms with van der Waals surface area (Å²) in [5.74, 6) is -1.16. The minimum atomic E-state index is -0.717. The van der Waals surface area contributed by atoms with Crippen LogP contribution in [0.2, 0.25) is 0 Å². The molecule has 1 amide bonds. The first-order chi connectivity index (χ1) is 14.5. The van der Waals surface area contributed by atoms with Gasteiger partial charge in [-0.05, 0) is 25.8 Å². The summed E-state index contributed by atoms with van der Waals surface area (Å²) < 4.78 is 10.3. The number of nitrogens with one attached hydrogen (secondary N) is 1. The molecule has 3 rings (SSSR count). The average Bonchev–Trinajstić information content (AvgIpc) is 3.14. The number of benzene rings is 2. The summed E-state index contributed by atoms with van der Waals surface area (Å²) >= 11 is 0. The van der Waals surface area contributed by atoms with Crippen LogP contribution in [0.5, 0.6) is 0 Å². The van der Waals surface area contributed by atoms with Crippen molar-refractivity contribution >= 4 is 17.7 Å². The molecule has 0 saturated heterocycles. The number of nitrogens with zero attached hydrogens (tertiary/aromatic N) is 1. The first-order valence-electron chi connectivity index (χ1n) is 9.48. The monoisotopic (exact) mass is 406 g/mol. The fourth-order valence-electron chi connectivity index (χ4n) is 2.99. The molecule has 0 fully saturated rings. The van der Waals surface area contributed by atoms with Gasteiger partial charge in [-0.3, -0.25) is 9.59 Å². The highest BCUT2D eigenvalue weighted by Gasteiger charge is 2.24. The van der Waals surface area contributed by atoms with Gasteiger partial charge in [0.1, 0.15) is 17.0 Å². The number of hydrogen-bond acceptors (Lipinski definition) is 6. The Bertz CT molecular complexity index is 1030. The van der Waals surface area contributed by atoms with Crippen molar-refractivity contribution in [3.8, 4) is 11.3 Å². The highest BCUT2D eigenvalue weighted by Crippen LogP contribution is 2.25. The van der Waals surface area contributed by atoms with E-state index in [2.05, 4.69) is 10.5 Å². The van der Waals surface area contributed by atoms with Crippen molar-refractivity contribution in [1.29, 1.82) is 0 Å². The molecule has 30 heavy (non-hydrogen) atoms. The lowest BCUT2D eigenvalue weighted by molar-refractivity contribution is -0.128. The quantitative estimate of drug-likeness (QED) is 0.577. The lowest BCUT2D eigenvalue weighted by Gasteiger charge is -2.16. The van der Waals surface area contributed by atoms with Crippen LogP contribution in [-0.2, 0) is 20.7 Å². The number of rotatable bonds is 8. The Morgan fingerprint density at radius 3 is 2.30 bits per heavy atom. The van der Waals surface area contributed by atoms with Crippen LogP contribution < -0.4 is 5.32 Å². The van der Waals surface area contributed by atoms with Gasteiger partial charge in [-0.2, -0.15) is 0 Å². The summed E-state index contributed by atoms with van der Waals surface area (Å²) in [5, 5.41) is 6.55. The zero-order valence-electron chi connectivity index (χ0n) is 16.8. The highest BCUT2D eigenvalue weighted by atomic mass is 16.5. The zero-order valence-corrected chi connectivity index (χ0v) is 16.8. The summed E-state index contributed by atoms with van der Waals surface area (Å²) in [6.07, 6.45) is 0.360. The molecule has 0 saturated carbocycles. The second-order valence-corrected chi connectivity index (χ2v) is 6.82. The van der Waals surface area contributed by atoms with Gasteiger partial charge in [0.25, 0.3) is 5.91 Å². The Labute approximate surface area is 174 Å². The van der Waals surface area contributed by atoms with Crippen LogP contribution in [0, 0.1) is 6.92 Å². The lowest BCUT2D eigenvalue weighted by atomic mass is 10.0. The van der Waals surface area contributed by atoms with E-state index in [1.165, 1.54) is 6.92 Å². The molecule has 7 nitrogen and oxygen atoms in total. The summed E-state index contributed by atoms with van der Waals surface area (Å²) in [7, 11) is 0. The number of ketones is 1. The standard InChI is InChI=1S/C23H22N2O5/c1-15(26)19(13-17-9-5-3-6-10-17)24-20(27)14-29-23(28)21-16(2)30-25-22(21)18-11-7-4-8-12-18/h3-12,19H,13-14H2,1-2H3,(H,24,27)/t19-/m0/s1. The number of Topliss-reactive ketones (excluding diaryl/α,β-unsaturated/α-hetero) is 1. The average molecular weight is 406 g/mol. The lowest BCUT2D eigenvalue weighted by Crippen LogP contribution is -2.43. The first kappa shape index (κ1) is 21.0. The predicted molar refractivity (Wildman–Crippen MR) is 110 cm³/mol. The van der Waals surface area contributed by atoms with Crippen molar-refractivity contribution in [3.05, 3.63) is 77.6 Å². The Balaban J connectivity index is 1.63. The summed E-state index contributed by atoms with van der Waals surface area (Å²) in [5.41, 5.74) is 2.14. The number of amides is 1. The van der Waals surface area contributed by atoms with E-state index in [4.69, 9.17) is 9.26 Å². The number of carbonyl (C=O) groups excluding carboxylic acids is 3. The molecule has 0 aliphatic rings. The fourth-order valence-corrected chi connectivity index (χ4v) is 2.99. The van der Waals surface area contributed by atoms with Gasteiger partial charge in [-0.1, -0.05) is 65.8 Å². The molecule has 1 atom stereocenters. The highest BCUT2D eigenvalue weighted by molar-refractivity contribution is 5.98. The predicted octanol–water partition coefficient (Wildman–Crippen LogP) is 3.12. The Hall–Kier alpha value is -3.74. The maximum absolute atomic E-state index is 12.6. The molecular weight excluding hydrogens is 384 g/mol. The molecule has 7 heteroatoms. The second kappa shape index (κ2) is 9.65. The number of aryl methyl sites for hydroxylation is 1. The molecule has 0 unspecified atom stereocenters. The minimum Gasteiger partial charge on any atom is -0.452 e. The van der Waals surface area contributed by atoms with Crippen LogP contribution in [0.1, 0.15) is 28.6 Å². The molecule has 1 N–H and O–H groups in total. The van der Waals surface area contributed by atoms with E-state index in [-0.39, 0.29) is 11.3 Å². The third-order valence-electron chi connectivity index (χ3n) is 4.56. The van der Waals surface area contributed by atoms with Crippen LogP contribution >= 0.6 is 0 Å². The smallest absolute Gasteiger partial charge is 0.344 e. The molecule has 1 aromatic heterocycles. The van der Waals surface area contributed by atoms with Crippen molar-refractivity contribution < 1.29 is 23.6 Å². The molecule has 0 bridgehead atoms. The van der Waals surface area contributed by atoms with Gasteiger partial charge in [0.2, 0.25) is 0 Å². The van der Waals surface area contributed by atoms with Crippen LogP contribution in [-0.4, -0.2) is 35.5 Å². The number of esters is 1. The molecule has 3 aromatic rings. The van der Waals surface area contributed by atoms with Gasteiger partial charge in [-0.25, -0.2) is 4.79 Å². The summed E-state index contributed by atoms with van der Waals surface area (Å²) in [6.45, 7) is 2.49. The Morgan fingerprint density at radius 1 is 1.03 bits per heavy atom. The van der Waals surface area contributed by atoms with Crippen LogP contribution in [0.25, 0.3) is 11.3 Å². The molecule has 1 heterocycles. The molecule has 2 aromatic carbocycles. The molecule has 0 aliphatic carbocycles. The number of carbonyl (C=O) groups is 3. The van der Waals surface area contributed by atoms with E-state index >= 15 is 0 Å². The molecule has 0 radical (unpaired) electrons. The van der Waals surface area contributed by atoms with Crippen molar-refractivity contribution in [2.24, 2.45) is 0 Å². The zero-order chi connectivity index (χ0) is 21.5. The fraction of sp³-hybridized carbons (Fsp3) is 0.217. The minimum absolute atomic E-state index is 0.168. The van der Waals surface area contributed by atoms with Crippen LogP contribution in [0.4, 0.5) is 0 Å². The third kappa shape index (κ3) is 5.20. The van der Waals surface area contributed by atoms with Gasteiger partial charge < -0.3 is 14.6 Å². The van der Waals surface area contributed by atoms with Gasteiger partial charge >= 0.3 is 5.97 Å². The van der Waals surface area contributed by atoms with Gasteiger partial charge in [0.05, 0.1) is 6.04 Å². The molecular formula is C23H22N2O5. The van der Waals surface area contributed by atoms with Crippen molar-refractivity contribution in [2.45, 2.75) is 26.3 Å². The molecule has 0 spiro atoms. The van der Waals surface area contributed by atoms with Gasteiger partial charge in [-0.15, -0.1) is 0 Å². The third-order valence-corrected chi connectivity index (χ3v) is 4.56. The summed E-state index contributed by atoms with van der Waals surface area (Å²) in [6, 6.07) is 17.7. The topological polar surface area (TPSA) is 98.5 Å². The molecule has 0 aliphatic heterocycles. The maximum atomic E-state index is 12.6. The van der Waals surface area contributed by atoms with Crippen molar-refractivity contribution in [2.75, 3.05) is 6.61 Å². The van der Waals surface area contributed by atoms with Crippen molar-refractivity contribution in [1.82, 2.24) is 10.5 Å². The second-order valence-electron chi connectivity index (χ2n) is 6.82. The first-order valence-corrected chi connectivity index (χ1v) is 9.48. The van der Waals surface area contributed by atoms with Crippen LogP contribution in [0.15, 0.2) is 65.2 Å². The Kier molecular flexibility index (Phi) is 6.75. The Morgan fingerprint density at radius 2 is 1.67 bits per heavy atom. The van der Waals surface area contributed by atoms with Crippen LogP contribution in [0.3, 0.4) is 0 Å². The number of ether oxygens (including phenoxy) is 1. The van der Waals surface area contributed by atoms with E-state index in [1.807, 2.05) is 48.5 Å².